The Bertz CT molecular complexity index is 380. The Balaban J connectivity index is 2.51. The van der Waals surface area contributed by atoms with E-state index >= 15 is 0 Å². The molecule has 0 aliphatic rings. The average Bonchev–Trinajstić information content (AvgIpc) is 2.44. The Hall–Kier alpha value is -1.26. The molecule has 0 fully saturated rings. The molecule has 1 rings (SSSR count). The summed E-state index contributed by atoms with van der Waals surface area (Å²) in [6, 6.07) is 6.07. The third-order valence-electron chi connectivity index (χ3n) is 2.86. The van der Waals surface area contributed by atoms with E-state index < -0.39 is 0 Å². The van der Waals surface area contributed by atoms with E-state index in [1.807, 2.05) is 12.1 Å². The van der Waals surface area contributed by atoms with E-state index in [2.05, 4.69) is 25.2 Å². The molecule has 0 bridgehead atoms. The van der Waals surface area contributed by atoms with Gasteiger partial charge in [0.05, 0.1) is 13.7 Å². The second kappa shape index (κ2) is 9.61. The van der Waals surface area contributed by atoms with Gasteiger partial charge in [0, 0.05) is 26.7 Å². The highest BCUT2D eigenvalue weighted by atomic mass is 16.5. The zero-order valence-corrected chi connectivity index (χ0v) is 13.1. The summed E-state index contributed by atoms with van der Waals surface area (Å²) >= 11 is 0. The van der Waals surface area contributed by atoms with Gasteiger partial charge in [-0.15, -0.1) is 0 Å². The lowest BCUT2D eigenvalue weighted by Gasteiger charge is -2.13. The summed E-state index contributed by atoms with van der Waals surface area (Å²) < 4.78 is 16.1. The minimum atomic E-state index is 0.634. The molecule has 0 heterocycles. The van der Waals surface area contributed by atoms with Crippen molar-refractivity contribution in [1.29, 1.82) is 0 Å². The number of nitrogens with one attached hydrogen (secondary N) is 1. The topological polar surface area (TPSA) is 39.7 Å². The van der Waals surface area contributed by atoms with Crippen LogP contribution >= 0.6 is 0 Å². The van der Waals surface area contributed by atoms with Gasteiger partial charge in [0.1, 0.15) is 0 Å². The zero-order valence-electron chi connectivity index (χ0n) is 13.1. The van der Waals surface area contributed by atoms with Crippen LogP contribution in [0, 0.1) is 5.92 Å². The lowest BCUT2D eigenvalue weighted by atomic mass is 10.2. The van der Waals surface area contributed by atoms with Gasteiger partial charge in [-0.25, -0.2) is 0 Å². The van der Waals surface area contributed by atoms with Crippen LogP contribution < -0.4 is 14.8 Å². The fourth-order valence-corrected chi connectivity index (χ4v) is 1.83. The van der Waals surface area contributed by atoms with Crippen LogP contribution in [-0.2, 0) is 11.3 Å². The molecule has 0 aliphatic carbocycles. The molecule has 1 aromatic rings. The first kappa shape index (κ1) is 16.8. The minimum absolute atomic E-state index is 0.634. The van der Waals surface area contributed by atoms with Gasteiger partial charge in [-0.05, 0) is 30.2 Å². The predicted octanol–water partition coefficient (Wildman–Crippen LogP) is 2.86. The van der Waals surface area contributed by atoms with Crippen molar-refractivity contribution in [2.24, 2.45) is 5.92 Å². The Morgan fingerprint density at radius 2 is 1.90 bits per heavy atom. The van der Waals surface area contributed by atoms with Crippen LogP contribution in [-0.4, -0.2) is 34.0 Å². The lowest BCUT2D eigenvalue weighted by molar-refractivity contribution is 0.170. The van der Waals surface area contributed by atoms with Gasteiger partial charge in [-0.2, -0.15) is 0 Å². The Morgan fingerprint density at radius 1 is 1.10 bits per heavy atom. The molecule has 1 N–H and O–H groups in total. The third-order valence-corrected chi connectivity index (χ3v) is 2.86. The van der Waals surface area contributed by atoms with Crippen LogP contribution in [0.4, 0.5) is 0 Å². The largest absolute Gasteiger partial charge is 0.493 e. The smallest absolute Gasteiger partial charge is 0.161 e. The monoisotopic (exact) mass is 281 g/mol. The molecule has 4 nitrogen and oxygen atoms in total. The first-order chi connectivity index (χ1) is 9.67. The molecule has 0 atom stereocenters. The molecular formula is C16H27NO3. The standard InChI is InChI=1S/C16H27NO3/c1-13(2)11-17-12-14-6-7-15(16(10-14)19-4)20-9-5-8-18-3/h6-7,10,13,17H,5,8-9,11-12H2,1-4H3. The minimum Gasteiger partial charge on any atom is -0.493 e. The summed E-state index contributed by atoms with van der Waals surface area (Å²) in [5, 5.41) is 3.42. The normalized spacial score (nSPS) is 10.8. The maximum absolute atomic E-state index is 5.70. The average molecular weight is 281 g/mol. The molecule has 0 amide bonds. The fourth-order valence-electron chi connectivity index (χ4n) is 1.83. The lowest BCUT2D eigenvalue weighted by Crippen LogP contribution is -2.18. The van der Waals surface area contributed by atoms with Crippen LogP contribution in [0.2, 0.25) is 0 Å². The van der Waals surface area contributed by atoms with Gasteiger partial charge in [0.15, 0.2) is 11.5 Å². The summed E-state index contributed by atoms with van der Waals surface area (Å²) in [5.41, 5.74) is 1.20. The van der Waals surface area contributed by atoms with E-state index in [0.717, 1.165) is 31.0 Å². The maximum Gasteiger partial charge on any atom is 0.161 e. The highest BCUT2D eigenvalue weighted by Crippen LogP contribution is 2.28. The van der Waals surface area contributed by atoms with E-state index in [1.54, 1.807) is 14.2 Å². The van der Waals surface area contributed by atoms with Crippen molar-refractivity contribution in [2.75, 3.05) is 34.0 Å². The van der Waals surface area contributed by atoms with Crippen LogP contribution in [0.25, 0.3) is 0 Å². The van der Waals surface area contributed by atoms with Crippen molar-refractivity contribution >= 4 is 0 Å². The van der Waals surface area contributed by atoms with Gasteiger partial charge in [-0.1, -0.05) is 19.9 Å². The number of benzene rings is 1. The molecule has 0 unspecified atom stereocenters. The number of hydrogen-bond acceptors (Lipinski definition) is 4. The van der Waals surface area contributed by atoms with Crippen LogP contribution in [0.15, 0.2) is 18.2 Å². The van der Waals surface area contributed by atoms with Crippen molar-refractivity contribution in [1.82, 2.24) is 5.32 Å². The van der Waals surface area contributed by atoms with Gasteiger partial charge < -0.3 is 19.5 Å². The molecule has 0 aliphatic heterocycles. The summed E-state index contributed by atoms with van der Waals surface area (Å²) in [7, 11) is 3.36. The highest BCUT2D eigenvalue weighted by molar-refractivity contribution is 5.42. The van der Waals surface area contributed by atoms with Crippen molar-refractivity contribution in [3.8, 4) is 11.5 Å². The highest BCUT2D eigenvalue weighted by Gasteiger charge is 2.06. The number of hydrogen-bond donors (Lipinski definition) is 1. The third kappa shape index (κ3) is 6.26. The molecule has 20 heavy (non-hydrogen) atoms. The maximum atomic E-state index is 5.70. The van der Waals surface area contributed by atoms with E-state index in [-0.39, 0.29) is 0 Å². The van der Waals surface area contributed by atoms with E-state index in [4.69, 9.17) is 14.2 Å². The fraction of sp³-hybridized carbons (Fsp3) is 0.625. The number of ether oxygens (including phenoxy) is 3. The van der Waals surface area contributed by atoms with Crippen LogP contribution in [0.1, 0.15) is 25.8 Å². The molecule has 0 aromatic heterocycles. The molecule has 114 valence electrons. The van der Waals surface area contributed by atoms with E-state index in [9.17, 15) is 0 Å². The molecular weight excluding hydrogens is 254 g/mol. The van der Waals surface area contributed by atoms with E-state index in [0.29, 0.717) is 19.1 Å². The second-order valence-electron chi connectivity index (χ2n) is 5.20. The molecule has 0 spiro atoms. The van der Waals surface area contributed by atoms with Gasteiger partial charge in [-0.3, -0.25) is 0 Å². The first-order valence-corrected chi connectivity index (χ1v) is 7.16. The summed E-state index contributed by atoms with van der Waals surface area (Å²) in [4.78, 5) is 0. The van der Waals surface area contributed by atoms with Crippen molar-refractivity contribution in [3.05, 3.63) is 23.8 Å². The van der Waals surface area contributed by atoms with Crippen molar-refractivity contribution < 1.29 is 14.2 Å². The van der Waals surface area contributed by atoms with Crippen molar-refractivity contribution in [2.45, 2.75) is 26.8 Å². The van der Waals surface area contributed by atoms with Gasteiger partial charge >= 0.3 is 0 Å². The van der Waals surface area contributed by atoms with Gasteiger partial charge in [0.2, 0.25) is 0 Å². The Kier molecular flexibility index (Phi) is 8.07. The molecule has 0 radical (unpaired) electrons. The quantitative estimate of drug-likeness (QED) is 0.669. The molecule has 1 aromatic carbocycles. The predicted molar refractivity (Wildman–Crippen MR) is 81.5 cm³/mol. The first-order valence-electron chi connectivity index (χ1n) is 7.16. The number of rotatable bonds is 10. The van der Waals surface area contributed by atoms with E-state index in [1.165, 1.54) is 5.56 Å². The Labute approximate surface area is 122 Å². The second-order valence-corrected chi connectivity index (χ2v) is 5.20. The molecule has 0 saturated heterocycles. The summed E-state index contributed by atoms with van der Waals surface area (Å²) in [6.45, 7) is 7.60. The molecule has 0 saturated carbocycles. The SMILES string of the molecule is COCCCOc1ccc(CNCC(C)C)cc1OC. The summed E-state index contributed by atoms with van der Waals surface area (Å²) in [6.07, 6.45) is 0.872. The zero-order chi connectivity index (χ0) is 14.8. The van der Waals surface area contributed by atoms with Gasteiger partial charge in [0.25, 0.3) is 0 Å². The summed E-state index contributed by atoms with van der Waals surface area (Å²) in [5.74, 6) is 2.22. The number of methoxy groups -OCH3 is 2. The Morgan fingerprint density at radius 3 is 2.55 bits per heavy atom. The van der Waals surface area contributed by atoms with Crippen molar-refractivity contribution in [3.63, 3.8) is 0 Å². The van der Waals surface area contributed by atoms with Crippen LogP contribution in [0.5, 0.6) is 11.5 Å². The molecule has 4 heteroatoms. The van der Waals surface area contributed by atoms with Crippen LogP contribution in [0.3, 0.4) is 0 Å².